The molecule has 2 rings (SSSR count). The fourth-order valence-electron chi connectivity index (χ4n) is 2.58. The Kier molecular flexibility index (Phi) is 3.99. The first-order chi connectivity index (χ1) is 8.56. The summed E-state index contributed by atoms with van der Waals surface area (Å²) in [5.41, 5.74) is 7.57. The van der Waals surface area contributed by atoms with Gasteiger partial charge in [0.1, 0.15) is 5.84 Å². The molecule has 3 N–H and O–H groups in total. The summed E-state index contributed by atoms with van der Waals surface area (Å²) >= 11 is 0. The number of nitrogens with zero attached hydrogens (tertiary/aromatic N) is 1. The highest BCUT2D eigenvalue weighted by molar-refractivity contribution is 5.96. The molecule has 1 aromatic rings. The van der Waals surface area contributed by atoms with E-state index in [1.807, 2.05) is 24.3 Å². The molecule has 4 heteroatoms. The zero-order valence-corrected chi connectivity index (χ0v) is 11.0. The molecule has 1 aliphatic heterocycles. The Hall–Kier alpha value is -1.39. The number of nitrogen functional groups attached to an aromatic ring is 1. The normalized spacial score (nSPS) is 25.0. The second-order valence-electron chi connectivity index (χ2n) is 5.02. The van der Waals surface area contributed by atoms with E-state index in [2.05, 4.69) is 18.7 Å². The first-order valence-corrected chi connectivity index (χ1v) is 6.36. The van der Waals surface area contributed by atoms with Crippen molar-refractivity contribution in [3.63, 3.8) is 0 Å². The van der Waals surface area contributed by atoms with Gasteiger partial charge in [0, 0.05) is 25.2 Å². The molecule has 18 heavy (non-hydrogen) atoms. The number of benzene rings is 1. The Morgan fingerprint density at radius 2 is 1.94 bits per heavy atom. The molecule has 0 radical (unpaired) electrons. The number of hydrogen-bond donors (Lipinski definition) is 2. The van der Waals surface area contributed by atoms with Crippen LogP contribution in [0, 0.1) is 5.41 Å². The number of ether oxygens (including phenoxy) is 1. The molecule has 0 aromatic heterocycles. The molecule has 0 spiro atoms. The van der Waals surface area contributed by atoms with Gasteiger partial charge in [-0.1, -0.05) is 24.3 Å². The predicted molar refractivity (Wildman–Crippen MR) is 72.7 cm³/mol. The van der Waals surface area contributed by atoms with Gasteiger partial charge in [0.05, 0.1) is 12.2 Å². The average Bonchev–Trinajstić information content (AvgIpc) is 2.27. The molecule has 98 valence electrons. The van der Waals surface area contributed by atoms with Crippen LogP contribution in [0.25, 0.3) is 0 Å². The van der Waals surface area contributed by atoms with Crippen molar-refractivity contribution in [3.05, 3.63) is 35.4 Å². The summed E-state index contributed by atoms with van der Waals surface area (Å²) in [6.07, 6.45) is 0.525. The number of amidine groups is 1. The molecule has 4 nitrogen and oxygen atoms in total. The van der Waals surface area contributed by atoms with Crippen LogP contribution >= 0.6 is 0 Å². The van der Waals surface area contributed by atoms with Gasteiger partial charge in [-0.2, -0.15) is 0 Å². The van der Waals surface area contributed by atoms with E-state index < -0.39 is 0 Å². The zero-order valence-electron chi connectivity index (χ0n) is 11.0. The highest BCUT2D eigenvalue weighted by atomic mass is 16.5. The zero-order chi connectivity index (χ0) is 13.1. The minimum Gasteiger partial charge on any atom is -0.384 e. The van der Waals surface area contributed by atoms with E-state index in [0.29, 0.717) is 0 Å². The molecule has 0 amide bonds. The Bertz CT molecular complexity index is 423. The van der Waals surface area contributed by atoms with Crippen molar-refractivity contribution in [2.24, 2.45) is 5.73 Å². The van der Waals surface area contributed by atoms with Crippen molar-refractivity contribution in [3.8, 4) is 0 Å². The fraction of sp³-hybridized carbons (Fsp3) is 0.500. The molecule has 0 saturated carbocycles. The van der Waals surface area contributed by atoms with Crippen LogP contribution in [0.3, 0.4) is 0 Å². The molecule has 1 aromatic carbocycles. The van der Waals surface area contributed by atoms with Gasteiger partial charge in [-0.15, -0.1) is 0 Å². The first kappa shape index (κ1) is 13.1. The van der Waals surface area contributed by atoms with Gasteiger partial charge in [0.2, 0.25) is 0 Å². The number of hydrogen-bond acceptors (Lipinski definition) is 3. The molecule has 1 heterocycles. The molecule has 2 atom stereocenters. The molecular formula is C14H21N3O. The van der Waals surface area contributed by atoms with E-state index in [1.54, 1.807) is 0 Å². The summed E-state index contributed by atoms with van der Waals surface area (Å²) in [5.74, 6) is 0.139. The van der Waals surface area contributed by atoms with Gasteiger partial charge in [0.15, 0.2) is 0 Å². The van der Waals surface area contributed by atoms with E-state index in [-0.39, 0.29) is 18.0 Å². The van der Waals surface area contributed by atoms with Crippen molar-refractivity contribution in [2.75, 3.05) is 13.1 Å². The van der Waals surface area contributed by atoms with E-state index in [0.717, 1.165) is 30.8 Å². The van der Waals surface area contributed by atoms with Crippen molar-refractivity contribution < 1.29 is 4.74 Å². The minimum absolute atomic E-state index is 0.139. The van der Waals surface area contributed by atoms with E-state index in [9.17, 15) is 0 Å². The SMILES string of the molecule is C[C@@H]1CN(Cc2ccccc2C(=N)N)C[C@H](C)O1. The highest BCUT2D eigenvalue weighted by Gasteiger charge is 2.22. The largest absolute Gasteiger partial charge is 0.384 e. The number of nitrogens with two attached hydrogens (primary N) is 1. The molecule has 1 saturated heterocycles. The van der Waals surface area contributed by atoms with Crippen LogP contribution in [-0.4, -0.2) is 36.0 Å². The standard InChI is InChI=1S/C14H21N3O/c1-10-7-17(8-11(2)18-10)9-12-5-3-4-6-13(12)14(15)16/h3-6,10-11H,7-9H2,1-2H3,(H3,15,16)/t10-,11+. The van der Waals surface area contributed by atoms with Crippen molar-refractivity contribution >= 4 is 5.84 Å². The Balaban J connectivity index is 2.11. The van der Waals surface area contributed by atoms with Crippen LogP contribution < -0.4 is 5.73 Å². The molecule has 1 fully saturated rings. The topological polar surface area (TPSA) is 62.3 Å². The second-order valence-corrected chi connectivity index (χ2v) is 5.02. The van der Waals surface area contributed by atoms with Crippen LogP contribution in [0.1, 0.15) is 25.0 Å². The van der Waals surface area contributed by atoms with Gasteiger partial charge < -0.3 is 10.5 Å². The smallest absolute Gasteiger partial charge is 0.123 e. The van der Waals surface area contributed by atoms with E-state index >= 15 is 0 Å². The van der Waals surface area contributed by atoms with Gasteiger partial charge in [0.25, 0.3) is 0 Å². The monoisotopic (exact) mass is 247 g/mol. The fourth-order valence-corrected chi connectivity index (χ4v) is 2.58. The maximum Gasteiger partial charge on any atom is 0.123 e. The van der Waals surface area contributed by atoms with Crippen molar-refractivity contribution in [1.29, 1.82) is 5.41 Å². The summed E-state index contributed by atoms with van der Waals surface area (Å²) in [7, 11) is 0. The second kappa shape index (κ2) is 5.50. The van der Waals surface area contributed by atoms with E-state index in [4.69, 9.17) is 15.9 Å². The van der Waals surface area contributed by atoms with Crippen LogP contribution in [0.5, 0.6) is 0 Å². The average molecular weight is 247 g/mol. The number of rotatable bonds is 3. The summed E-state index contributed by atoms with van der Waals surface area (Å²) in [6.45, 7) is 6.88. The lowest BCUT2D eigenvalue weighted by Crippen LogP contribution is -2.45. The summed E-state index contributed by atoms with van der Waals surface area (Å²) in [5, 5.41) is 7.61. The molecule has 0 bridgehead atoms. The quantitative estimate of drug-likeness (QED) is 0.629. The Labute approximate surface area is 108 Å². The third-order valence-corrected chi connectivity index (χ3v) is 3.20. The highest BCUT2D eigenvalue weighted by Crippen LogP contribution is 2.16. The predicted octanol–water partition coefficient (Wildman–Crippen LogP) is 1.58. The van der Waals surface area contributed by atoms with Gasteiger partial charge in [-0.05, 0) is 19.4 Å². The molecular weight excluding hydrogens is 226 g/mol. The number of morpholine rings is 1. The van der Waals surface area contributed by atoms with Gasteiger partial charge in [-0.3, -0.25) is 10.3 Å². The van der Waals surface area contributed by atoms with Crippen LogP contribution in [0.4, 0.5) is 0 Å². The van der Waals surface area contributed by atoms with Crippen molar-refractivity contribution in [2.45, 2.75) is 32.6 Å². The van der Waals surface area contributed by atoms with Gasteiger partial charge >= 0.3 is 0 Å². The third-order valence-electron chi connectivity index (χ3n) is 3.20. The molecule has 0 unspecified atom stereocenters. The Morgan fingerprint density at radius 3 is 2.56 bits per heavy atom. The molecule has 1 aliphatic rings. The lowest BCUT2D eigenvalue weighted by atomic mass is 10.1. The van der Waals surface area contributed by atoms with Crippen LogP contribution in [0.15, 0.2) is 24.3 Å². The maximum absolute atomic E-state index is 7.61. The van der Waals surface area contributed by atoms with Gasteiger partial charge in [-0.25, -0.2) is 0 Å². The Morgan fingerprint density at radius 1 is 1.33 bits per heavy atom. The van der Waals surface area contributed by atoms with E-state index in [1.165, 1.54) is 0 Å². The first-order valence-electron chi connectivity index (χ1n) is 6.36. The van der Waals surface area contributed by atoms with Crippen molar-refractivity contribution in [1.82, 2.24) is 4.90 Å². The minimum atomic E-state index is 0.139. The maximum atomic E-state index is 7.61. The lowest BCUT2D eigenvalue weighted by Gasteiger charge is -2.35. The number of nitrogens with one attached hydrogen (secondary N) is 1. The summed E-state index contributed by atoms with van der Waals surface area (Å²) < 4.78 is 5.72. The molecule has 0 aliphatic carbocycles. The lowest BCUT2D eigenvalue weighted by molar-refractivity contribution is -0.0705. The van der Waals surface area contributed by atoms with Crippen LogP contribution in [0.2, 0.25) is 0 Å². The third kappa shape index (κ3) is 3.09. The summed E-state index contributed by atoms with van der Waals surface area (Å²) in [6, 6.07) is 7.87. The van der Waals surface area contributed by atoms with Crippen LogP contribution in [-0.2, 0) is 11.3 Å². The summed E-state index contributed by atoms with van der Waals surface area (Å²) in [4.78, 5) is 2.36.